The second kappa shape index (κ2) is 11.8. The van der Waals surface area contributed by atoms with Gasteiger partial charge in [-0.3, -0.25) is 9.59 Å². The fourth-order valence-corrected chi connectivity index (χ4v) is 4.86. The second-order valence-corrected chi connectivity index (χ2v) is 9.54. The van der Waals surface area contributed by atoms with Crippen molar-refractivity contribution in [2.24, 2.45) is 0 Å². The van der Waals surface area contributed by atoms with E-state index in [1.165, 1.54) is 11.8 Å². The van der Waals surface area contributed by atoms with Crippen molar-refractivity contribution in [1.29, 1.82) is 0 Å². The summed E-state index contributed by atoms with van der Waals surface area (Å²) in [4.78, 5) is 29.4. The van der Waals surface area contributed by atoms with Gasteiger partial charge in [0.1, 0.15) is 5.75 Å². The van der Waals surface area contributed by atoms with E-state index in [2.05, 4.69) is 25.7 Å². The minimum atomic E-state index is -0.153. The Bertz CT molecular complexity index is 1370. The summed E-state index contributed by atoms with van der Waals surface area (Å²) in [6.45, 7) is 2.84. The van der Waals surface area contributed by atoms with E-state index in [4.69, 9.17) is 4.74 Å². The second-order valence-electron chi connectivity index (χ2n) is 8.60. The number of rotatable bonds is 8. The number of methoxy groups -OCH3 is 1. The Morgan fingerprint density at radius 2 is 1.58 bits per heavy atom. The maximum absolute atomic E-state index is 12.7. The summed E-state index contributed by atoms with van der Waals surface area (Å²) in [5.74, 6) is 0.816. The summed E-state index contributed by atoms with van der Waals surface area (Å²) in [5, 5.41) is 15.2. The molecule has 2 heterocycles. The standard InChI is InChI=1S/C27H27N7O3S/c1-37-24-13-11-23(12-14-24)34-27(29-30-31-34)38-19-25(35)28-21-7-9-22(10-8-21)32-15-17-33(18-16-32)26(36)20-5-3-2-4-6-20/h2-14H,15-19H2,1H3,(H,28,35). The molecule has 1 aliphatic rings. The lowest BCUT2D eigenvalue weighted by molar-refractivity contribution is -0.113. The molecule has 1 aromatic heterocycles. The third-order valence-electron chi connectivity index (χ3n) is 6.19. The highest BCUT2D eigenvalue weighted by Crippen LogP contribution is 2.22. The molecule has 0 aliphatic carbocycles. The van der Waals surface area contributed by atoms with Gasteiger partial charge in [0.25, 0.3) is 5.91 Å². The first kappa shape index (κ1) is 25.3. The molecule has 11 heteroatoms. The number of nitrogens with zero attached hydrogens (tertiary/aromatic N) is 6. The van der Waals surface area contributed by atoms with Crippen molar-refractivity contribution in [3.63, 3.8) is 0 Å². The molecule has 1 saturated heterocycles. The van der Waals surface area contributed by atoms with Gasteiger partial charge >= 0.3 is 0 Å². The molecule has 1 fully saturated rings. The molecule has 38 heavy (non-hydrogen) atoms. The summed E-state index contributed by atoms with van der Waals surface area (Å²) in [6.07, 6.45) is 0. The first-order valence-electron chi connectivity index (χ1n) is 12.2. The summed E-state index contributed by atoms with van der Waals surface area (Å²) in [7, 11) is 1.61. The smallest absolute Gasteiger partial charge is 0.253 e. The Kier molecular flexibility index (Phi) is 7.84. The number of ether oxygens (including phenoxy) is 1. The molecule has 0 atom stereocenters. The van der Waals surface area contributed by atoms with Crippen molar-refractivity contribution < 1.29 is 14.3 Å². The van der Waals surface area contributed by atoms with Crippen molar-refractivity contribution in [1.82, 2.24) is 25.1 Å². The number of thioether (sulfide) groups is 1. The van der Waals surface area contributed by atoms with Gasteiger partial charge in [-0.15, -0.1) is 5.10 Å². The molecule has 0 radical (unpaired) electrons. The molecule has 0 spiro atoms. The molecule has 1 N–H and O–H groups in total. The van der Waals surface area contributed by atoms with Gasteiger partial charge in [-0.25, -0.2) is 0 Å². The Morgan fingerprint density at radius 3 is 2.26 bits per heavy atom. The van der Waals surface area contributed by atoms with Gasteiger partial charge < -0.3 is 19.9 Å². The lowest BCUT2D eigenvalue weighted by atomic mass is 10.1. The van der Waals surface area contributed by atoms with E-state index in [-0.39, 0.29) is 17.6 Å². The number of hydrogen-bond acceptors (Lipinski definition) is 8. The zero-order valence-corrected chi connectivity index (χ0v) is 21.7. The summed E-state index contributed by atoms with van der Waals surface area (Å²) < 4.78 is 6.77. The van der Waals surface area contributed by atoms with Crippen molar-refractivity contribution >= 4 is 35.0 Å². The van der Waals surface area contributed by atoms with E-state index >= 15 is 0 Å². The third-order valence-corrected chi connectivity index (χ3v) is 7.11. The number of benzene rings is 3. The molecule has 5 rings (SSSR count). The molecular weight excluding hydrogens is 502 g/mol. The maximum Gasteiger partial charge on any atom is 0.253 e. The van der Waals surface area contributed by atoms with Crippen LogP contribution in [0.2, 0.25) is 0 Å². The minimum absolute atomic E-state index is 0.0687. The highest BCUT2D eigenvalue weighted by molar-refractivity contribution is 7.99. The Balaban J connectivity index is 1.11. The average molecular weight is 530 g/mol. The molecule has 194 valence electrons. The van der Waals surface area contributed by atoms with Crippen molar-refractivity contribution in [3.05, 3.63) is 84.4 Å². The van der Waals surface area contributed by atoms with Crippen LogP contribution in [0, 0.1) is 0 Å². The Labute approximate surface area is 224 Å². The maximum atomic E-state index is 12.7. The van der Waals surface area contributed by atoms with E-state index in [9.17, 15) is 9.59 Å². The lowest BCUT2D eigenvalue weighted by Gasteiger charge is -2.36. The molecule has 2 amide bonds. The quantitative estimate of drug-likeness (QED) is 0.347. The SMILES string of the molecule is COc1ccc(-n2nnnc2SCC(=O)Nc2ccc(N3CCN(C(=O)c4ccccc4)CC3)cc2)cc1. The number of piperazine rings is 1. The number of carbonyl (C=O) groups excluding carboxylic acids is 2. The first-order chi connectivity index (χ1) is 18.6. The molecular formula is C27H27N7O3S. The number of aromatic nitrogens is 4. The van der Waals surface area contributed by atoms with Crippen LogP contribution in [0.25, 0.3) is 5.69 Å². The minimum Gasteiger partial charge on any atom is -0.497 e. The van der Waals surface area contributed by atoms with Gasteiger partial charge in [-0.2, -0.15) is 4.68 Å². The number of carbonyl (C=O) groups is 2. The van der Waals surface area contributed by atoms with Crippen molar-refractivity contribution in [2.75, 3.05) is 49.3 Å². The number of tetrazole rings is 1. The number of amides is 2. The number of hydrogen-bond donors (Lipinski definition) is 1. The number of anilines is 2. The van der Waals surface area contributed by atoms with E-state index in [1.54, 1.807) is 11.8 Å². The monoisotopic (exact) mass is 529 g/mol. The molecule has 3 aromatic carbocycles. The van der Waals surface area contributed by atoms with E-state index < -0.39 is 0 Å². The fraction of sp³-hybridized carbons (Fsp3) is 0.222. The van der Waals surface area contributed by atoms with Gasteiger partial charge in [-0.1, -0.05) is 30.0 Å². The average Bonchev–Trinajstić information content (AvgIpc) is 3.45. The summed E-state index contributed by atoms with van der Waals surface area (Å²) in [6, 6.07) is 24.5. The zero-order valence-electron chi connectivity index (χ0n) is 20.9. The highest BCUT2D eigenvalue weighted by Gasteiger charge is 2.22. The predicted molar refractivity (Wildman–Crippen MR) is 146 cm³/mol. The van der Waals surface area contributed by atoms with E-state index in [0.717, 1.165) is 35.8 Å². The van der Waals surface area contributed by atoms with Crippen LogP contribution in [-0.2, 0) is 4.79 Å². The van der Waals surface area contributed by atoms with Crippen LogP contribution in [0.4, 0.5) is 11.4 Å². The Morgan fingerprint density at radius 1 is 0.895 bits per heavy atom. The first-order valence-corrected chi connectivity index (χ1v) is 13.1. The van der Waals surface area contributed by atoms with Gasteiger partial charge in [0.05, 0.1) is 18.6 Å². The van der Waals surface area contributed by atoms with Crippen LogP contribution >= 0.6 is 11.8 Å². The van der Waals surface area contributed by atoms with E-state index in [1.807, 2.05) is 83.8 Å². The van der Waals surface area contributed by atoms with Crippen LogP contribution in [0.15, 0.2) is 84.0 Å². The zero-order chi connectivity index (χ0) is 26.3. The summed E-state index contributed by atoms with van der Waals surface area (Å²) >= 11 is 1.26. The third kappa shape index (κ3) is 5.94. The van der Waals surface area contributed by atoms with Crippen LogP contribution in [0.5, 0.6) is 5.75 Å². The normalized spacial score (nSPS) is 13.3. The van der Waals surface area contributed by atoms with Crippen molar-refractivity contribution in [2.45, 2.75) is 5.16 Å². The van der Waals surface area contributed by atoms with Gasteiger partial charge in [-0.05, 0) is 71.1 Å². The van der Waals surface area contributed by atoms with Gasteiger partial charge in [0, 0.05) is 43.1 Å². The van der Waals surface area contributed by atoms with Crippen LogP contribution < -0.4 is 15.0 Å². The van der Waals surface area contributed by atoms with Crippen LogP contribution in [0.3, 0.4) is 0 Å². The topological polar surface area (TPSA) is 105 Å². The van der Waals surface area contributed by atoms with Gasteiger partial charge in [0.15, 0.2) is 0 Å². The predicted octanol–water partition coefficient (Wildman–Crippen LogP) is 3.36. The van der Waals surface area contributed by atoms with Crippen molar-refractivity contribution in [3.8, 4) is 11.4 Å². The molecule has 0 saturated carbocycles. The van der Waals surface area contributed by atoms with Crippen LogP contribution in [-0.4, -0.2) is 76.0 Å². The van der Waals surface area contributed by atoms with E-state index in [0.29, 0.717) is 23.9 Å². The summed E-state index contributed by atoms with van der Waals surface area (Å²) in [5.41, 5.74) is 3.27. The molecule has 0 bridgehead atoms. The molecule has 4 aromatic rings. The Hall–Kier alpha value is -4.38. The fourth-order valence-electron chi connectivity index (χ4n) is 4.17. The highest BCUT2D eigenvalue weighted by atomic mass is 32.2. The lowest BCUT2D eigenvalue weighted by Crippen LogP contribution is -2.48. The number of nitrogens with one attached hydrogen (secondary N) is 1. The van der Waals surface area contributed by atoms with Gasteiger partial charge in [0.2, 0.25) is 11.1 Å². The van der Waals surface area contributed by atoms with Crippen LogP contribution in [0.1, 0.15) is 10.4 Å². The molecule has 10 nitrogen and oxygen atoms in total. The molecule has 1 aliphatic heterocycles. The molecule has 0 unspecified atom stereocenters. The largest absolute Gasteiger partial charge is 0.497 e.